The molecule has 1 saturated carbocycles. The predicted molar refractivity (Wildman–Crippen MR) is 144 cm³/mol. The van der Waals surface area contributed by atoms with E-state index in [9.17, 15) is 4.79 Å². The van der Waals surface area contributed by atoms with E-state index in [2.05, 4.69) is 36.8 Å². The van der Waals surface area contributed by atoms with Gasteiger partial charge in [-0.25, -0.2) is 14.8 Å². The van der Waals surface area contributed by atoms with E-state index in [4.69, 9.17) is 5.26 Å². The van der Waals surface area contributed by atoms with Crippen LogP contribution >= 0.6 is 0 Å². The lowest BCUT2D eigenvalue weighted by Gasteiger charge is -2.36. The Balaban J connectivity index is 1.29. The summed E-state index contributed by atoms with van der Waals surface area (Å²) in [4.78, 5) is 28.8. The van der Waals surface area contributed by atoms with Gasteiger partial charge in [-0.05, 0) is 43.4 Å². The molecule has 0 saturated heterocycles. The lowest BCUT2D eigenvalue weighted by atomic mass is 9.90. The fourth-order valence-corrected chi connectivity index (χ4v) is 4.70. The highest BCUT2D eigenvalue weighted by atomic mass is 16.2. The molecule has 0 radical (unpaired) electrons. The van der Waals surface area contributed by atoms with Gasteiger partial charge in [0.15, 0.2) is 5.82 Å². The van der Waals surface area contributed by atoms with Crippen molar-refractivity contribution in [3.8, 4) is 17.3 Å². The van der Waals surface area contributed by atoms with Gasteiger partial charge < -0.3 is 10.6 Å². The van der Waals surface area contributed by atoms with Gasteiger partial charge in [-0.1, -0.05) is 30.3 Å². The fourth-order valence-electron chi connectivity index (χ4n) is 4.70. The summed E-state index contributed by atoms with van der Waals surface area (Å²) in [7, 11) is 1.85. The third-order valence-electron chi connectivity index (χ3n) is 6.70. The summed E-state index contributed by atoms with van der Waals surface area (Å²) in [5, 5.41) is 19.7. The van der Waals surface area contributed by atoms with Crippen LogP contribution < -0.4 is 15.5 Å². The molecule has 0 spiro atoms. The van der Waals surface area contributed by atoms with Crippen molar-refractivity contribution in [2.75, 3.05) is 10.2 Å². The maximum atomic E-state index is 13.5. The zero-order valence-corrected chi connectivity index (χ0v) is 21.2. The first-order chi connectivity index (χ1) is 18.6. The smallest absolute Gasteiger partial charge is 0.323 e. The fraction of sp³-hybridized carbons (Fsp3) is 0.286. The molecular formula is C28H29N9O. The van der Waals surface area contributed by atoms with Crippen molar-refractivity contribution >= 4 is 17.7 Å². The Labute approximate surface area is 221 Å². The molecule has 10 heteroatoms. The molecule has 192 valence electrons. The largest absolute Gasteiger partial charge is 0.367 e. The molecule has 1 fully saturated rings. The van der Waals surface area contributed by atoms with Crippen molar-refractivity contribution in [2.45, 2.75) is 44.3 Å². The topological polar surface area (TPSA) is 125 Å². The van der Waals surface area contributed by atoms with Crippen LogP contribution in [-0.4, -0.2) is 42.8 Å². The number of carbonyl (C=O) groups is 1. The summed E-state index contributed by atoms with van der Waals surface area (Å²) in [6, 6.07) is 15.5. The third kappa shape index (κ3) is 5.95. The summed E-state index contributed by atoms with van der Waals surface area (Å²) in [6.45, 7) is 0.429. The quantitative estimate of drug-likeness (QED) is 0.382. The number of rotatable bonds is 7. The minimum Gasteiger partial charge on any atom is -0.367 e. The second-order valence-electron chi connectivity index (χ2n) is 9.37. The molecule has 10 nitrogen and oxygen atoms in total. The number of amides is 2. The molecule has 2 N–H and O–H groups in total. The van der Waals surface area contributed by atoms with Crippen LogP contribution in [-0.2, 0) is 13.6 Å². The Morgan fingerprint density at radius 3 is 2.47 bits per heavy atom. The van der Waals surface area contributed by atoms with Crippen molar-refractivity contribution in [3.63, 3.8) is 0 Å². The number of nitrogens with one attached hydrogen (secondary N) is 2. The number of aromatic nitrogens is 5. The van der Waals surface area contributed by atoms with Gasteiger partial charge in [0, 0.05) is 43.6 Å². The minimum atomic E-state index is -0.192. The van der Waals surface area contributed by atoms with Crippen molar-refractivity contribution < 1.29 is 4.79 Å². The monoisotopic (exact) mass is 507 g/mol. The maximum absolute atomic E-state index is 13.5. The van der Waals surface area contributed by atoms with Gasteiger partial charge in [-0.3, -0.25) is 14.6 Å². The van der Waals surface area contributed by atoms with Crippen molar-refractivity contribution in [2.24, 2.45) is 7.05 Å². The second kappa shape index (κ2) is 11.5. The average Bonchev–Trinajstić information content (AvgIpc) is 3.40. The molecule has 2 amide bonds. The van der Waals surface area contributed by atoms with Crippen LogP contribution in [0, 0.1) is 11.3 Å². The van der Waals surface area contributed by atoms with E-state index < -0.39 is 0 Å². The molecule has 4 aromatic rings. The van der Waals surface area contributed by atoms with E-state index in [1.807, 2.05) is 49.6 Å². The van der Waals surface area contributed by atoms with Gasteiger partial charge in [0.1, 0.15) is 11.9 Å². The van der Waals surface area contributed by atoms with E-state index in [1.54, 1.807) is 40.4 Å². The van der Waals surface area contributed by atoms with Crippen LogP contribution in [0.4, 0.5) is 16.4 Å². The number of anilines is 2. The molecule has 0 aliphatic heterocycles. The lowest BCUT2D eigenvalue weighted by Crippen LogP contribution is -2.49. The van der Waals surface area contributed by atoms with Crippen LogP contribution in [0.25, 0.3) is 11.3 Å². The number of hydrogen-bond acceptors (Lipinski definition) is 7. The van der Waals surface area contributed by atoms with Gasteiger partial charge in [-0.2, -0.15) is 10.4 Å². The Kier molecular flexibility index (Phi) is 7.54. The Morgan fingerprint density at radius 2 is 1.84 bits per heavy atom. The van der Waals surface area contributed by atoms with Crippen LogP contribution in [0.1, 0.15) is 36.8 Å². The summed E-state index contributed by atoms with van der Waals surface area (Å²) >= 11 is 0. The van der Waals surface area contributed by atoms with E-state index >= 15 is 0 Å². The van der Waals surface area contributed by atoms with Crippen LogP contribution in [0.15, 0.2) is 73.4 Å². The minimum absolute atomic E-state index is 0.0173. The van der Waals surface area contributed by atoms with E-state index in [1.165, 1.54) is 0 Å². The van der Waals surface area contributed by atoms with Crippen LogP contribution in [0.3, 0.4) is 0 Å². The summed E-state index contributed by atoms with van der Waals surface area (Å²) in [6.07, 6.45) is 11.9. The van der Waals surface area contributed by atoms with Crippen molar-refractivity contribution in [3.05, 3.63) is 84.6 Å². The Hall–Kier alpha value is -4.78. The van der Waals surface area contributed by atoms with Gasteiger partial charge in [-0.15, -0.1) is 0 Å². The molecule has 1 aliphatic carbocycles. The molecule has 3 aromatic heterocycles. The number of hydrogen-bond donors (Lipinski definition) is 2. The van der Waals surface area contributed by atoms with Crippen molar-refractivity contribution in [1.29, 1.82) is 5.26 Å². The maximum Gasteiger partial charge on any atom is 0.323 e. The Bertz CT molecular complexity index is 1390. The van der Waals surface area contributed by atoms with Gasteiger partial charge in [0.2, 0.25) is 0 Å². The molecule has 0 unspecified atom stereocenters. The average molecular weight is 508 g/mol. The Morgan fingerprint density at radius 1 is 1.03 bits per heavy atom. The number of aryl methyl sites for hydroxylation is 1. The van der Waals surface area contributed by atoms with E-state index in [0.29, 0.717) is 23.6 Å². The molecule has 38 heavy (non-hydrogen) atoms. The number of carbonyl (C=O) groups excluding carboxylic acids is 1. The highest BCUT2D eigenvalue weighted by molar-refractivity contribution is 5.91. The van der Waals surface area contributed by atoms with Crippen LogP contribution in [0.5, 0.6) is 0 Å². The molecular weight excluding hydrogens is 478 g/mol. The third-order valence-corrected chi connectivity index (χ3v) is 6.70. The summed E-state index contributed by atoms with van der Waals surface area (Å²) in [5.74, 6) is 1.27. The molecule has 1 aliphatic rings. The van der Waals surface area contributed by atoms with E-state index in [0.717, 1.165) is 42.6 Å². The van der Waals surface area contributed by atoms with Gasteiger partial charge >= 0.3 is 6.03 Å². The standard InChI is InChI=1S/C28H29N9O/c1-36-19-22(16-34-36)25-17-32-27(18-30-25)37(28(38)33-14-20-5-3-2-4-6-20)24-10-8-23(9-11-24)35-26-12-7-21(13-29)15-31-26/h2-7,12,15-19,23-24H,8-11,14H2,1H3,(H,31,35)(H,33,38). The SMILES string of the molecule is Cn1cc(-c2cnc(N(C(=O)NCc3ccccc3)C3CCC(Nc4ccc(C#N)cn4)CC3)cn2)cn1. The number of urea groups is 1. The first-order valence-electron chi connectivity index (χ1n) is 12.6. The van der Waals surface area contributed by atoms with Crippen molar-refractivity contribution in [1.82, 2.24) is 30.0 Å². The van der Waals surface area contributed by atoms with Gasteiger partial charge in [0.25, 0.3) is 0 Å². The first-order valence-corrected chi connectivity index (χ1v) is 12.6. The first kappa shape index (κ1) is 24.9. The van der Waals surface area contributed by atoms with Gasteiger partial charge in [0.05, 0.1) is 29.8 Å². The van der Waals surface area contributed by atoms with E-state index in [-0.39, 0.29) is 18.1 Å². The number of nitriles is 1. The number of pyridine rings is 1. The molecule has 3 heterocycles. The highest BCUT2D eigenvalue weighted by Gasteiger charge is 2.31. The predicted octanol–water partition coefficient (Wildman–Crippen LogP) is 4.28. The zero-order valence-electron chi connectivity index (χ0n) is 21.2. The second-order valence-corrected chi connectivity index (χ2v) is 9.37. The number of nitrogens with zero attached hydrogens (tertiary/aromatic N) is 7. The zero-order chi connectivity index (χ0) is 26.3. The normalized spacial score (nSPS) is 16.8. The molecule has 0 atom stereocenters. The molecule has 1 aromatic carbocycles. The lowest BCUT2D eigenvalue weighted by molar-refractivity contribution is 0.240. The highest BCUT2D eigenvalue weighted by Crippen LogP contribution is 2.29. The summed E-state index contributed by atoms with van der Waals surface area (Å²) in [5.41, 5.74) is 3.14. The summed E-state index contributed by atoms with van der Waals surface area (Å²) < 4.78 is 1.72. The molecule has 5 rings (SSSR count). The number of benzene rings is 1. The van der Waals surface area contributed by atoms with Crippen LogP contribution in [0.2, 0.25) is 0 Å². The molecule has 0 bridgehead atoms.